The Balaban J connectivity index is 3.30. The zero-order valence-electron chi connectivity index (χ0n) is 13.1. The van der Waals surface area contributed by atoms with Gasteiger partial charge in [-0.2, -0.15) is 0 Å². The van der Waals surface area contributed by atoms with E-state index in [0.717, 1.165) is 12.8 Å². The third kappa shape index (κ3) is 13.4. The molecule has 0 fully saturated rings. The van der Waals surface area contributed by atoms with E-state index in [0.29, 0.717) is 26.1 Å². The molecule has 0 aliphatic carbocycles. The van der Waals surface area contributed by atoms with Gasteiger partial charge in [0.15, 0.2) is 0 Å². The number of ether oxygens (including phenoxy) is 2. The number of rotatable bonds is 14. The molecule has 0 aromatic rings. The first-order chi connectivity index (χ1) is 9.70. The van der Waals surface area contributed by atoms with E-state index in [4.69, 9.17) is 4.74 Å². The second-order valence-corrected chi connectivity index (χ2v) is 5.44. The molecular weight excluding hydrogens is 256 g/mol. The molecule has 0 rings (SSSR count). The minimum absolute atomic E-state index is 0.0581. The van der Waals surface area contributed by atoms with Crippen LogP contribution in [0.15, 0.2) is 0 Å². The molecule has 118 valence electrons. The summed E-state index contributed by atoms with van der Waals surface area (Å²) in [5, 5.41) is 0. The molecule has 0 N–H and O–H groups in total. The summed E-state index contributed by atoms with van der Waals surface area (Å²) in [4.78, 5) is 21.5. The minimum Gasteiger partial charge on any atom is -0.467 e. The monoisotopic (exact) mass is 286 g/mol. The van der Waals surface area contributed by atoms with Gasteiger partial charge in [-0.25, -0.2) is 0 Å². The molecule has 4 nitrogen and oxygen atoms in total. The molecule has 1 atom stereocenters. The molecule has 0 aromatic carbocycles. The van der Waals surface area contributed by atoms with Crippen molar-refractivity contribution >= 4 is 12.4 Å². The van der Waals surface area contributed by atoms with Gasteiger partial charge in [0.05, 0.1) is 13.2 Å². The number of hydrogen-bond donors (Lipinski definition) is 0. The summed E-state index contributed by atoms with van der Waals surface area (Å²) in [5.74, 6) is -0.0864. The first kappa shape index (κ1) is 18.9. The van der Waals surface area contributed by atoms with Crippen molar-refractivity contribution in [2.75, 3.05) is 13.2 Å². The summed E-state index contributed by atoms with van der Waals surface area (Å²) in [6.45, 7) is 5.14. The van der Waals surface area contributed by atoms with E-state index in [1.54, 1.807) is 0 Å². The molecular formula is C16H30O4. The van der Waals surface area contributed by atoms with E-state index in [9.17, 15) is 9.59 Å². The molecule has 0 aliphatic heterocycles. The SMILES string of the molecule is CCCCCCCCCCC(=O)OCC(C)COC=O. The van der Waals surface area contributed by atoms with Crippen LogP contribution in [0.1, 0.15) is 71.6 Å². The van der Waals surface area contributed by atoms with Crippen LogP contribution in [0.5, 0.6) is 0 Å². The van der Waals surface area contributed by atoms with Crippen LogP contribution in [0.2, 0.25) is 0 Å². The van der Waals surface area contributed by atoms with E-state index in [2.05, 4.69) is 11.7 Å². The van der Waals surface area contributed by atoms with E-state index < -0.39 is 0 Å². The van der Waals surface area contributed by atoms with Crippen molar-refractivity contribution in [3.63, 3.8) is 0 Å². The standard InChI is InChI=1S/C16H30O4/c1-3-4-5-6-7-8-9-10-11-16(18)20-13-15(2)12-19-14-17/h14-15H,3-13H2,1-2H3. The van der Waals surface area contributed by atoms with Gasteiger partial charge in [0.1, 0.15) is 0 Å². The molecule has 0 aromatic heterocycles. The second kappa shape index (κ2) is 14.4. The Labute approximate surface area is 123 Å². The maximum Gasteiger partial charge on any atom is 0.305 e. The fraction of sp³-hybridized carbons (Fsp3) is 0.875. The Morgan fingerprint density at radius 3 is 2.20 bits per heavy atom. The maximum absolute atomic E-state index is 11.5. The van der Waals surface area contributed by atoms with Crippen molar-refractivity contribution in [3.05, 3.63) is 0 Å². The van der Waals surface area contributed by atoms with Gasteiger partial charge in [0.2, 0.25) is 0 Å². The summed E-state index contributed by atoms with van der Waals surface area (Å²) < 4.78 is 9.73. The van der Waals surface area contributed by atoms with Crippen molar-refractivity contribution in [1.82, 2.24) is 0 Å². The Kier molecular flexibility index (Phi) is 13.6. The smallest absolute Gasteiger partial charge is 0.305 e. The number of carbonyl (C=O) groups excluding carboxylic acids is 2. The van der Waals surface area contributed by atoms with Crippen LogP contribution in [0, 0.1) is 5.92 Å². The Morgan fingerprint density at radius 1 is 1.00 bits per heavy atom. The first-order valence-electron chi connectivity index (χ1n) is 7.91. The molecule has 0 saturated carbocycles. The fourth-order valence-corrected chi connectivity index (χ4v) is 1.96. The number of carbonyl (C=O) groups is 2. The van der Waals surface area contributed by atoms with Crippen molar-refractivity contribution in [2.45, 2.75) is 71.6 Å². The zero-order chi connectivity index (χ0) is 15.1. The molecule has 1 unspecified atom stereocenters. The molecule has 0 amide bonds. The molecule has 0 aliphatic rings. The van der Waals surface area contributed by atoms with Crippen LogP contribution in [0.4, 0.5) is 0 Å². The van der Waals surface area contributed by atoms with Crippen LogP contribution < -0.4 is 0 Å². The maximum atomic E-state index is 11.5. The van der Waals surface area contributed by atoms with Gasteiger partial charge in [-0.15, -0.1) is 0 Å². The van der Waals surface area contributed by atoms with Gasteiger partial charge >= 0.3 is 5.97 Å². The van der Waals surface area contributed by atoms with Gasteiger partial charge in [-0.05, 0) is 6.42 Å². The Bertz CT molecular complexity index is 241. The highest BCUT2D eigenvalue weighted by Gasteiger charge is 2.07. The first-order valence-corrected chi connectivity index (χ1v) is 7.91. The molecule has 0 radical (unpaired) electrons. The third-order valence-corrected chi connectivity index (χ3v) is 3.21. The lowest BCUT2D eigenvalue weighted by atomic mass is 10.1. The fourth-order valence-electron chi connectivity index (χ4n) is 1.96. The molecule has 0 spiro atoms. The largest absolute Gasteiger partial charge is 0.467 e. The Morgan fingerprint density at radius 2 is 1.60 bits per heavy atom. The summed E-state index contributed by atoms with van der Waals surface area (Å²) in [6.07, 6.45) is 10.2. The predicted octanol–water partition coefficient (Wildman–Crippen LogP) is 3.87. The highest BCUT2D eigenvalue weighted by atomic mass is 16.5. The topological polar surface area (TPSA) is 52.6 Å². The molecule has 0 heterocycles. The van der Waals surface area contributed by atoms with Gasteiger partial charge in [-0.1, -0.05) is 58.8 Å². The molecule has 4 heteroatoms. The number of unbranched alkanes of at least 4 members (excludes halogenated alkanes) is 7. The van der Waals surface area contributed by atoms with Crippen LogP contribution in [-0.2, 0) is 19.1 Å². The second-order valence-electron chi connectivity index (χ2n) is 5.44. The Hall–Kier alpha value is -1.06. The average molecular weight is 286 g/mol. The van der Waals surface area contributed by atoms with Crippen LogP contribution in [0.3, 0.4) is 0 Å². The van der Waals surface area contributed by atoms with Crippen molar-refractivity contribution in [1.29, 1.82) is 0 Å². The van der Waals surface area contributed by atoms with Gasteiger partial charge in [0, 0.05) is 12.3 Å². The van der Waals surface area contributed by atoms with Gasteiger partial charge in [0.25, 0.3) is 6.47 Å². The van der Waals surface area contributed by atoms with Gasteiger partial charge in [-0.3, -0.25) is 9.59 Å². The van der Waals surface area contributed by atoms with E-state index in [1.165, 1.54) is 38.5 Å². The zero-order valence-corrected chi connectivity index (χ0v) is 13.1. The van der Waals surface area contributed by atoms with E-state index in [-0.39, 0.29) is 11.9 Å². The minimum atomic E-state index is -0.145. The lowest BCUT2D eigenvalue weighted by Gasteiger charge is -2.10. The van der Waals surface area contributed by atoms with Crippen LogP contribution in [0.25, 0.3) is 0 Å². The van der Waals surface area contributed by atoms with Crippen molar-refractivity contribution in [3.8, 4) is 0 Å². The van der Waals surface area contributed by atoms with Gasteiger partial charge < -0.3 is 9.47 Å². The number of hydrogen-bond acceptors (Lipinski definition) is 4. The van der Waals surface area contributed by atoms with Crippen molar-refractivity contribution < 1.29 is 19.1 Å². The lowest BCUT2D eigenvalue weighted by molar-refractivity contribution is -0.145. The highest BCUT2D eigenvalue weighted by molar-refractivity contribution is 5.69. The molecule has 0 saturated heterocycles. The lowest BCUT2D eigenvalue weighted by Crippen LogP contribution is -2.15. The highest BCUT2D eigenvalue weighted by Crippen LogP contribution is 2.10. The van der Waals surface area contributed by atoms with Crippen molar-refractivity contribution in [2.24, 2.45) is 5.92 Å². The van der Waals surface area contributed by atoms with E-state index >= 15 is 0 Å². The summed E-state index contributed by atoms with van der Waals surface area (Å²) in [5.41, 5.74) is 0. The molecule has 20 heavy (non-hydrogen) atoms. The summed E-state index contributed by atoms with van der Waals surface area (Å²) in [7, 11) is 0. The summed E-state index contributed by atoms with van der Waals surface area (Å²) in [6, 6.07) is 0. The van der Waals surface area contributed by atoms with Crippen LogP contribution >= 0.6 is 0 Å². The quantitative estimate of drug-likeness (QED) is 0.276. The third-order valence-electron chi connectivity index (χ3n) is 3.21. The predicted molar refractivity (Wildman–Crippen MR) is 79.4 cm³/mol. The number of esters is 1. The summed E-state index contributed by atoms with van der Waals surface area (Å²) >= 11 is 0. The van der Waals surface area contributed by atoms with Crippen LogP contribution in [-0.4, -0.2) is 25.7 Å². The normalized spacial score (nSPS) is 11.9. The molecule has 0 bridgehead atoms. The van der Waals surface area contributed by atoms with E-state index in [1.807, 2.05) is 6.92 Å². The average Bonchev–Trinajstić information content (AvgIpc) is 2.45.